The van der Waals surface area contributed by atoms with Crippen molar-refractivity contribution in [1.29, 1.82) is 0 Å². The predicted octanol–water partition coefficient (Wildman–Crippen LogP) is 4.03. The number of aryl methyl sites for hydroxylation is 1. The molecular weight excluding hydrogens is 355 g/mol. The summed E-state index contributed by atoms with van der Waals surface area (Å²) in [5.74, 6) is 1.40. The summed E-state index contributed by atoms with van der Waals surface area (Å²) in [6.45, 7) is 3.56. The third-order valence-electron chi connectivity index (χ3n) is 4.94. The standard InChI is InChI=1S/C20H25FN2O2.ClH/c1-14(22)15-5-4-12-23(13-15)20(24)11-9-16-8-10-19(25-16)17-6-2-3-7-18(17)21;/h2-3,6-8,10,14-15H,4-5,9,11-13,22H2,1H3;1H. The number of halogens is 2. The Kier molecular flexibility index (Phi) is 7.23. The molecule has 4 nitrogen and oxygen atoms in total. The van der Waals surface area contributed by atoms with Gasteiger partial charge in [-0.3, -0.25) is 4.79 Å². The highest BCUT2D eigenvalue weighted by Crippen LogP contribution is 2.25. The SMILES string of the molecule is CC(N)C1CCCN(C(=O)CCc2ccc(-c3ccccc3F)o2)C1.Cl. The van der Waals surface area contributed by atoms with E-state index in [9.17, 15) is 9.18 Å². The number of likely N-dealkylation sites (tertiary alicyclic amines) is 1. The van der Waals surface area contributed by atoms with Crippen molar-refractivity contribution in [3.8, 4) is 11.3 Å². The van der Waals surface area contributed by atoms with E-state index in [0.29, 0.717) is 35.8 Å². The Balaban J connectivity index is 0.00000243. The Labute approximate surface area is 160 Å². The van der Waals surface area contributed by atoms with Gasteiger partial charge >= 0.3 is 0 Å². The largest absolute Gasteiger partial charge is 0.461 e. The number of nitrogens with two attached hydrogens (primary N) is 1. The molecule has 3 rings (SSSR count). The number of carbonyl (C=O) groups excluding carboxylic acids is 1. The van der Waals surface area contributed by atoms with Crippen LogP contribution in [0.15, 0.2) is 40.8 Å². The van der Waals surface area contributed by atoms with Crippen LogP contribution in [0.2, 0.25) is 0 Å². The zero-order valence-electron chi connectivity index (χ0n) is 15.0. The molecule has 2 unspecified atom stereocenters. The van der Waals surface area contributed by atoms with Crippen molar-refractivity contribution in [1.82, 2.24) is 4.90 Å². The topological polar surface area (TPSA) is 59.5 Å². The number of hydrogen-bond donors (Lipinski definition) is 1. The Hall–Kier alpha value is -1.85. The van der Waals surface area contributed by atoms with Crippen molar-refractivity contribution in [2.24, 2.45) is 11.7 Å². The van der Waals surface area contributed by atoms with E-state index in [2.05, 4.69) is 0 Å². The lowest BCUT2D eigenvalue weighted by Crippen LogP contribution is -2.45. The van der Waals surface area contributed by atoms with Gasteiger partial charge in [0.25, 0.3) is 0 Å². The molecule has 1 aromatic heterocycles. The smallest absolute Gasteiger partial charge is 0.223 e. The first-order valence-corrected chi connectivity index (χ1v) is 8.91. The summed E-state index contributed by atoms with van der Waals surface area (Å²) >= 11 is 0. The molecule has 1 fully saturated rings. The first-order chi connectivity index (χ1) is 12.0. The highest BCUT2D eigenvalue weighted by Gasteiger charge is 2.25. The second-order valence-corrected chi connectivity index (χ2v) is 6.85. The Morgan fingerprint density at radius 1 is 1.35 bits per heavy atom. The van der Waals surface area contributed by atoms with Gasteiger partial charge in [-0.1, -0.05) is 12.1 Å². The van der Waals surface area contributed by atoms with Crippen molar-refractivity contribution >= 4 is 18.3 Å². The maximum absolute atomic E-state index is 13.8. The van der Waals surface area contributed by atoms with Gasteiger partial charge in [0.2, 0.25) is 5.91 Å². The number of rotatable bonds is 5. The minimum absolute atomic E-state index is 0. The molecule has 1 saturated heterocycles. The van der Waals surface area contributed by atoms with Crippen LogP contribution >= 0.6 is 12.4 Å². The minimum atomic E-state index is -0.310. The first kappa shape index (κ1) is 20.5. The van der Waals surface area contributed by atoms with E-state index in [1.54, 1.807) is 24.3 Å². The van der Waals surface area contributed by atoms with E-state index in [0.717, 1.165) is 25.9 Å². The van der Waals surface area contributed by atoms with Crippen molar-refractivity contribution in [3.05, 3.63) is 48.0 Å². The molecule has 0 saturated carbocycles. The van der Waals surface area contributed by atoms with Crippen LogP contribution < -0.4 is 5.73 Å². The predicted molar refractivity (Wildman–Crippen MR) is 103 cm³/mol. The number of carbonyl (C=O) groups is 1. The van der Waals surface area contributed by atoms with Crippen LogP contribution in [0.3, 0.4) is 0 Å². The molecule has 26 heavy (non-hydrogen) atoms. The average Bonchev–Trinajstić information content (AvgIpc) is 3.09. The lowest BCUT2D eigenvalue weighted by molar-refractivity contribution is -0.133. The molecule has 6 heteroatoms. The molecule has 0 aliphatic carbocycles. The van der Waals surface area contributed by atoms with Crippen molar-refractivity contribution in [2.75, 3.05) is 13.1 Å². The van der Waals surface area contributed by atoms with Gasteiger partial charge in [-0.15, -0.1) is 12.4 Å². The maximum Gasteiger partial charge on any atom is 0.223 e. The van der Waals surface area contributed by atoms with Crippen molar-refractivity contribution in [3.63, 3.8) is 0 Å². The molecule has 0 radical (unpaired) electrons. The summed E-state index contributed by atoms with van der Waals surface area (Å²) in [4.78, 5) is 14.4. The van der Waals surface area contributed by atoms with Gasteiger partial charge in [0.05, 0.1) is 5.56 Å². The van der Waals surface area contributed by atoms with E-state index < -0.39 is 0 Å². The lowest BCUT2D eigenvalue weighted by Gasteiger charge is -2.34. The van der Waals surface area contributed by atoms with Gasteiger partial charge in [-0.2, -0.15) is 0 Å². The van der Waals surface area contributed by atoms with Gasteiger partial charge in [-0.25, -0.2) is 4.39 Å². The quantitative estimate of drug-likeness (QED) is 0.852. The van der Waals surface area contributed by atoms with Crippen LogP contribution in [0.25, 0.3) is 11.3 Å². The molecule has 0 bridgehead atoms. The average molecular weight is 381 g/mol. The molecule has 142 valence electrons. The summed E-state index contributed by atoms with van der Waals surface area (Å²) in [6.07, 6.45) is 3.02. The molecular formula is C20H26ClFN2O2. The fourth-order valence-corrected chi connectivity index (χ4v) is 3.37. The zero-order valence-corrected chi connectivity index (χ0v) is 15.8. The summed E-state index contributed by atoms with van der Waals surface area (Å²) in [7, 11) is 0. The van der Waals surface area contributed by atoms with Crippen LogP contribution in [0.4, 0.5) is 4.39 Å². The monoisotopic (exact) mass is 380 g/mol. The molecule has 2 aromatic rings. The second-order valence-electron chi connectivity index (χ2n) is 6.85. The van der Waals surface area contributed by atoms with Gasteiger partial charge in [0.1, 0.15) is 17.3 Å². The molecule has 2 heterocycles. The molecule has 1 amide bonds. The lowest BCUT2D eigenvalue weighted by atomic mass is 9.92. The number of amides is 1. The van der Waals surface area contributed by atoms with E-state index in [1.807, 2.05) is 17.9 Å². The number of piperidine rings is 1. The van der Waals surface area contributed by atoms with Gasteiger partial charge in [0, 0.05) is 32.0 Å². The van der Waals surface area contributed by atoms with Crippen LogP contribution in [0.5, 0.6) is 0 Å². The van der Waals surface area contributed by atoms with Crippen LogP contribution in [-0.4, -0.2) is 29.9 Å². The summed E-state index contributed by atoms with van der Waals surface area (Å²) in [6, 6.07) is 10.2. The number of hydrogen-bond acceptors (Lipinski definition) is 3. The van der Waals surface area contributed by atoms with Gasteiger partial charge in [0.15, 0.2) is 0 Å². The Morgan fingerprint density at radius 3 is 2.85 bits per heavy atom. The number of benzene rings is 1. The maximum atomic E-state index is 13.8. The molecule has 2 N–H and O–H groups in total. The third kappa shape index (κ3) is 4.86. The summed E-state index contributed by atoms with van der Waals surface area (Å²) < 4.78 is 19.5. The molecule has 1 aromatic carbocycles. The fraction of sp³-hybridized carbons (Fsp3) is 0.450. The highest BCUT2D eigenvalue weighted by molar-refractivity contribution is 5.85. The van der Waals surface area contributed by atoms with E-state index in [-0.39, 0.29) is 30.2 Å². The molecule has 2 atom stereocenters. The molecule has 0 spiro atoms. The van der Waals surface area contributed by atoms with E-state index in [1.165, 1.54) is 6.07 Å². The molecule has 1 aliphatic heterocycles. The molecule has 1 aliphatic rings. The van der Waals surface area contributed by atoms with Crippen LogP contribution in [-0.2, 0) is 11.2 Å². The van der Waals surface area contributed by atoms with Gasteiger partial charge < -0.3 is 15.1 Å². The van der Waals surface area contributed by atoms with Crippen LogP contribution in [0, 0.1) is 11.7 Å². The minimum Gasteiger partial charge on any atom is -0.461 e. The number of furan rings is 1. The first-order valence-electron chi connectivity index (χ1n) is 8.91. The van der Waals surface area contributed by atoms with E-state index >= 15 is 0 Å². The number of nitrogens with zero attached hydrogens (tertiary/aromatic N) is 1. The Bertz CT molecular complexity index is 732. The Morgan fingerprint density at radius 2 is 2.12 bits per heavy atom. The summed E-state index contributed by atoms with van der Waals surface area (Å²) in [5, 5.41) is 0. The summed E-state index contributed by atoms with van der Waals surface area (Å²) in [5.41, 5.74) is 6.42. The van der Waals surface area contributed by atoms with Crippen molar-refractivity contribution in [2.45, 2.75) is 38.6 Å². The highest BCUT2D eigenvalue weighted by atomic mass is 35.5. The normalized spacial score (nSPS) is 18.3. The second kappa shape index (κ2) is 9.19. The van der Waals surface area contributed by atoms with Crippen LogP contribution in [0.1, 0.15) is 31.9 Å². The van der Waals surface area contributed by atoms with E-state index in [4.69, 9.17) is 10.2 Å². The van der Waals surface area contributed by atoms with Crippen molar-refractivity contribution < 1.29 is 13.6 Å². The zero-order chi connectivity index (χ0) is 17.8. The third-order valence-corrected chi connectivity index (χ3v) is 4.94. The van der Waals surface area contributed by atoms with Gasteiger partial charge in [-0.05, 0) is 49.9 Å². The fourth-order valence-electron chi connectivity index (χ4n) is 3.37.